The SMILES string of the molecule is CC(C)[C@H](NC(=O)OCCSSc1ccccn1)C(=O)N[C@@H](CCCNC(N)=O)C(=O)Nc1ccc(COC(=O)O)cc1. The second kappa shape index (κ2) is 19.1. The van der Waals surface area contributed by atoms with Crippen LogP contribution < -0.4 is 27.0 Å². The number of anilines is 1. The zero-order chi connectivity index (χ0) is 31.6. The van der Waals surface area contributed by atoms with Crippen molar-refractivity contribution < 1.29 is 38.6 Å². The standard InChI is InChI=1S/C27H36N6O8S2/c1-17(2)22(33-26(37)40-14-15-42-43-21-7-3-4-12-29-21)24(35)32-20(6-5-13-30-25(28)36)23(34)31-19-10-8-18(9-11-19)16-41-27(38)39/h3-4,7-12,17,20,22H,5-6,13-16H2,1-2H3,(H,31,34)(H,32,35)(H,33,37)(H,38,39)(H3,28,30,36)/t20-,22-/m0/s1. The molecule has 14 nitrogen and oxygen atoms in total. The summed E-state index contributed by atoms with van der Waals surface area (Å²) >= 11 is 0. The number of amides is 5. The maximum Gasteiger partial charge on any atom is 0.506 e. The van der Waals surface area contributed by atoms with E-state index >= 15 is 0 Å². The molecule has 234 valence electrons. The van der Waals surface area contributed by atoms with Crippen LogP contribution in [-0.4, -0.2) is 71.2 Å². The summed E-state index contributed by atoms with van der Waals surface area (Å²) in [6.45, 7) is 3.63. The number of nitrogens with zero attached hydrogens (tertiary/aromatic N) is 1. The molecule has 0 saturated heterocycles. The lowest BCUT2D eigenvalue weighted by Crippen LogP contribution is -2.54. The second-order valence-corrected chi connectivity index (χ2v) is 11.7. The lowest BCUT2D eigenvalue weighted by atomic mass is 10.0. The Morgan fingerprint density at radius 3 is 2.37 bits per heavy atom. The Hall–Kier alpha value is -4.18. The van der Waals surface area contributed by atoms with Crippen molar-refractivity contribution >= 4 is 57.4 Å². The molecule has 1 aromatic carbocycles. The van der Waals surface area contributed by atoms with Crippen molar-refractivity contribution in [2.45, 2.75) is 50.4 Å². The van der Waals surface area contributed by atoms with E-state index in [0.29, 0.717) is 23.4 Å². The number of pyridine rings is 1. The van der Waals surface area contributed by atoms with Crippen LogP contribution in [-0.2, 0) is 25.7 Å². The number of carbonyl (C=O) groups is 5. The van der Waals surface area contributed by atoms with E-state index in [1.54, 1.807) is 44.3 Å². The van der Waals surface area contributed by atoms with Crippen molar-refractivity contribution in [3.63, 3.8) is 0 Å². The van der Waals surface area contributed by atoms with E-state index in [2.05, 4.69) is 31.0 Å². The van der Waals surface area contributed by atoms with E-state index in [9.17, 15) is 24.0 Å². The number of carboxylic acid groups (broad SMARTS) is 1. The first-order valence-electron chi connectivity index (χ1n) is 13.3. The number of nitrogens with two attached hydrogens (primary N) is 1. The van der Waals surface area contributed by atoms with Crippen LogP contribution in [0, 0.1) is 5.92 Å². The average molecular weight is 637 g/mol. The molecule has 0 fully saturated rings. The normalized spacial score (nSPS) is 12.0. The van der Waals surface area contributed by atoms with E-state index < -0.39 is 42.2 Å². The number of aromatic nitrogens is 1. The minimum absolute atomic E-state index is 0.113. The summed E-state index contributed by atoms with van der Waals surface area (Å²) in [5.41, 5.74) is 6.08. The lowest BCUT2D eigenvalue weighted by Gasteiger charge is -2.25. The minimum Gasteiger partial charge on any atom is -0.450 e. The second-order valence-electron chi connectivity index (χ2n) is 9.31. The van der Waals surface area contributed by atoms with Crippen LogP contribution in [0.3, 0.4) is 0 Å². The zero-order valence-electron chi connectivity index (χ0n) is 23.7. The number of benzene rings is 1. The van der Waals surface area contributed by atoms with E-state index in [-0.39, 0.29) is 32.1 Å². The number of carbonyl (C=O) groups excluding carboxylic acids is 4. The fourth-order valence-corrected chi connectivity index (χ4v) is 5.18. The molecule has 5 amide bonds. The van der Waals surface area contributed by atoms with Crippen LogP contribution >= 0.6 is 21.6 Å². The molecule has 1 aromatic heterocycles. The summed E-state index contributed by atoms with van der Waals surface area (Å²) in [4.78, 5) is 64.6. The fraction of sp³-hybridized carbons (Fsp3) is 0.407. The summed E-state index contributed by atoms with van der Waals surface area (Å²) in [5, 5.41) is 19.9. The highest BCUT2D eigenvalue weighted by atomic mass is 33.1. The van der Waals surface area contributed by atoms with E-state index in [1.165, 1.54) is 21.6 Å². The predicted octanol–water partition coefficient (Wildman–Crippen LogP) is 3.34. The van der Waals surface area contributed by atoms with Gasteiger partial charge in [0.1, 0.15) is 30.3 Å². The van der Waals surface area contributed by atoms with Gasteiger partial charge in [0, 0.05) is 24.2 Å². The van der Waals surface area contributed by atoms with Crippen molar-refractivity contribution in [1.29, 1.82) is 0 Å². The van der Waals surface area contributed by atoms with Gasteiger partial charge in [0.25, 0.3) is 0 Å². The van der Waals surface area contributed by atoms with Crippen molar-refractivity contribution in [1.82, 2.24) is 20.9 Å². The molecule has 0 aliphatic rings. The molecule has 43 heavy (non-hydrogen) atoms. The maximum atomic E-state index is 13.2. The molecule has 7 N–H and O–H groups in total. The number of primary amides is 1. The molecule has 0 radical (unpaired) electrons. The number of alkyl carbamates (subject to hydrolysis) is 1. The van der Waals surface area contributed by atoms with Crippen LogP contribution in [0.1, 0.15) is 32.3 Å². The minimum atomic E-state index is -1.40. The molecule has 0 unspecified atom stereocenters. The first-order valence-corrected chi connectivity index (χ1v) is 15.6. The molecule has 1 heterocycles. The number of nitrogens with one attached hydrogen (secondary N) is 4. The molecule has 0 aliphatic carbocycles. The van der Waals surface area contributed by atoms with Crippen LogP contribution in [0.5, 0.6) is 0 Å². The van der Waals surface area contributed by atoms with Crippen LogP contribution in [0.25, 0.3) is 0 Å². The average Bonchev–Trinajstić information content (AvgIpc) is 2.97. The van der Waals surface area contributed by atoms with Crippen LogP contribution in [0.15, 0.2) is 53.7 Å². The van der Waals surface area contributed by atoms with Gasteiger partial charge in [-0.2, -0.15) is 0 Å². The highest BCUT2D eigenvalue weighted by molar-refractivity contribution is 8.76. The highest BCUT2D eigenvalue weighted by Gasteiger charge is 2.29. The molecule has 0 aliphatic heterocycles. The third-order valence-electron chi connectivity index (χ3n) is 5.59. The lowest BCUT2D eigenvalue weighted by molar-refractivity contribution is -0.128. The maximum absolute atomic E-state index is 13.2. The predicted molar refractivity (Wildman–Crippen MR) is 162 cm³/mol. The van der Waals surface area contributed by atoms with Gasteiger partial charge in [-0.3, -0.25) is 9.59 Å². The molecule has 2 aromatic rings. The third-order valence-corrected chi connectivity index (χ3v) is 7.82. The summed E-state index contributed by atoms with van der Waals surface area (Å²) in [7, 11) is 2.92. The van der Waals surface area contributed by atoms with Crippen LogP contribution in [0.2, 0.25) is 0 Å². The molecule has 0 saturated carbocycles. The third kappa shape index (κ3) is 14.5. The van der Waals surface area contributed by atoms with Gasteiger partial charge in [-0.15, -0.1) is 0 Å². The number of hydrogen-bond acceptors (Lipinski definition) is 10. The molecule has 2 atom stereocenters. The zero-order valence-corrected chi connectivity index (χ0v) is 25.4. The Kier molecular flexibility index (Phi) is 15.5. The smallest absolute Gasteiger partial charge is 0.450 e. The number of ether oxygens (including phenoxy) is 2. The molecular weight excluding hydrogens is 600 g/mol. The Balaban J connectivity index is 1.94. The first-order chi connectivity index (χ1) is 20.5. The van der Waals surface area contributed by atoms with Gasteiger partial charge in [-0.25, -0.2) is 19.4 Å². The number of rotatable bonds is 17. The van der Waals surface area contributed by atoms with Crippen molar-refractivity contribution in [3.05, 3.63) is 54.2 Å². The van der Waals surface area contributed by atoms with Gasteiger partial charge in [-0.05, 0) is 59.4 Å². The first kappa shape index (κ1) is 35.0. The number of urea groups is 1. The largest absolute Gasteiger partial charge is 0.506 e. The monoisotopic (exact) mass is 636 g/mol. The Morgan fingerprint density at radius 2 is 1.74 bits per heavy atom. The van der Waals surface area contributed by atoms with Gasteiger partial charge in [0.05, 0.1) is 0 Å². The highest BCUT2D eigenvalue weighted by Crippen LogP contribution is 2.28. The van der Waals surface area contributed by atoms with E-state index in [0.717, 1.165) is 5.03 Å². The fourth-order valence-electron chi connectivity index (χ4n) is 3.48. The molecule has 0 spiro atoms. The topological polar surface area (TPSA) is 211 Å². The van der Waals surface area contributed by atoms with Gasteiger partial charge in [0.15, 0.2) is 0 Å². The molecule has 2 rings (SSSR count). The molecule has 16 heteroatoms. The van der Waals surface area contributed by atoms with Gasteiger partial charge in [0.2, 0.25) is 11.8 Å². The Bertz CT molecular complexity index is 1200. The van der Waals surface area contributed by atoms with Crippen molar-refractivity contribution in [2.24, 2.45) is 11.7 Å². The summed E-state index contributed by atoms with van der Waals surface area (Å²) < 4.78 is 9.75. The van der Waals surface area contributed by atoms with Gasteiger partial charge >= 0.3 is 18.3 Å². The van der Waals surface area contributed by atoms with E-state index in [1.807, 2.05) is 18.2 Å². The molecular formula is C27H36N6O8S2. The molecule has 0 bridgehead atoms. The summed E-state index contributed by atoms with van der Waals surface area (Å²) in [6, 6.07) is 9.15. The quantitative estimate of drug-likeness (QED) is 0.0842. The van der Waals surface area contributed by atoms with E-state index in [4.69, 9.17) is 15.6 Å². The summed E-state index contributed by atoms with van der Waals surface area (Å²) in [6.07, 6.45) is -0.00366. The van der Waals surface area contributed by atoms with Crippen molar-refractivity contribution in [2.75, 3.05) is 24.2 Å². The van der Waals surface area contributed by atoms with Crippen LogP contribution in [0.4, 0.5) is 20.1 Å². The Labute approximate surface area is 257 Å². The Morgan fingerprint density at radius 1 is 1.00 bits per heavy atom. The summed E-state index contributed by atoms with van der Waals surface area (Å²) in [5.74, 6) is -0.948. The van der Waals surface area contributed by atoms with Gasteiger partial charge in [-0.1, -0.05) is 42.8 Å². The number of hydrogen-bond donors (Lipinski definition) is 6. The van der Waals surface area contributed by atoms with Gasteiger partial charge < -0.3 is 41.6 Å². The van der Waals surface area contributed by atoms with Crippen molar-refractivity contribution in [3.8, 4) is 0 Å².